The van der Waals surface area contributed by atoms with E-state index in [0.717, 1.165) is 16.7 Å². The van der Waals surface area contributed by atoms with Gasteiger partial charge >= 0.3 is 5.97 Å². The highest BCUT2D eigenvalue weighted by Gasteiger charge is 2.40. The van der Waals surface area contributed by atoms with Gasteiger partial charge in [0, 0.05) is 13.0 Å². The van der Waals surface area contributed by atoms with Crippen LogP contribution in [0, 0.1) is 6.92 Å². The van der Waals surface area contributed by atoms with Crippen molar-refractivity contribution >= 4 is 16.0 Å². The molecule has 0 saturated carbocycles. The normalized spacial score (nSPS) is 17.5. The number of aliphatic hydroxyl groups excluding tert-OH is 1. The van der Waals surface area contributed by atoms with Gasteiger partial charge in [0.1, 0.15) is 12.6 Å². The largest absolute Gasteiger partial charge is 0.462 e. The Balaban J connectivity index is 2.00. The highest BCUT2D eigenvalue weighted by atomic mass is 32.2. The standard InChI is InChI=1S/C19H21NO5S/c1-14-6-8-17(9-7-14)26(23,24)20-13-16-5-3-2-4-15(16)12-18(20)19(22)25-11-10-21/h2-9,18,21H,10-13H2,1H3. The Morgan fingerprint density at radius 3 is 2.46 bits per heavy atom. The predicted molar refractivity (Wildman–Crippen MR) is 95.9 cm³/mol. The molecule has 0 aliphatic carbocycles. The van der Waals surface area contributed by atoms with E-state index in [1.165, 1.54) is 4.31 Å². The van der Waals surface area contributed by atoms with Crippen LogP contribution in [0.15, 0.2) is 53.4 Å². The molecule has 0 bridgehead atoms. The minimum Gasteiger partial charge on any atom is -0.462 e. The van der Waals surface area contributed by atoms with Crippen molar-refractivity contribution in [2.75, 3.05) is 13.2 Å². The van der Waals surface area contributed by atoms with Gasteiger partial charge in [0.05, 0.1) is 11.5 Å². The van der Waals surface area contributed by atoms with Crippen LogP contribution in [0.5, 0.6) is 0 Å². The lowest BCUT2D eigenvalue weighted by atomic mass is 9.96. The third-order valence-electron chi connectivity index (χ3n) is 4.44. The van der Waals surface area contributed by atoms with Crippen LogP contribution in [-0.4, -0.2) is 43.1 Å². The summed E-state index contributed by atoms with van der Waals surface area (Å²) in [6, 6.07) is 13.0. The lowest BCUT2D eigenvalue weighted by Crippen LogP contribution is -2.49. The Bertz CT molecular complexity index is 892. The molecule has 1 unspecified atom stereocenters. The fraction of sp³-hybridized carbons (Fsp3) is 0.316. The first kappa shape index (κ1) is 18.6. The minimum absolute atomic E-state index is 0.102. The zero-order chi connectivity index (χ0) is 18.7. The maximum absolute atomic E-state index is 13.2. The summed E-state index contributed by atoms with van der Waals surface area (Å²) in [6.07, 6.45) is 0.242. The summed E-state index contributed by atoms with van der Waals surface area (Å²) in [5, 5.41) is 8.89. The van der Waals surface area contributed by atoms with Gasteiger partial charge in [-0.1, -0.05) is 42.0 Å². The summed E-state index contributed by atoms with van der Waals surface area (Å²) in [7, 11) is -3.87. The number of hydrogen-bond donors (Lipinski definition) is 1. The molecule has 7 heteroatoms. The number of sulfonamides is 1. The summed E-state index contributed by atoms with van der Waals surface area (Å²) in [5.74, 6) is -0.649. The number of fused-ring (bicyclic) bond motifs is 1. The van der Waals surface area contributed by atoms with Gasteiger partial charge in [-0.3, -0.25) is 4.79 Å². The number of rotatable bonds is 5. The highest BCUT2D eigenvalue weighted by molar-refractivity contribution is 7.89. The summed E-state index contributed by atoms with van der Waals surface area (Å²) in [4.78, 5) is 12.6. The summed E-state index contributed by atoms with van der Waals surface area (Å²) in [5.41, 5.74) is 2.75. The van der Waals surface area contributed by atoms with Crippen molar-refractivity contribution in [3.63, 3.8) is 0 Å². The Kier molecular flexibility index (Phi) is 5.41. The van der Waals surface area contributed by atoms with Gasteiger partial charge < -0.3 is 9.84 Å². The van der Waals surface area contributed by atoms with E-state index in [1.807, 2.05) is 31.2 Å². The molecule has 2 aromatic rings. The van der Waals surface area contributed by atoms with E-state index in [0.29, 0.717) is 0 Å². The molecule has 6 nitrogen and oxygen atoms in total. The minimum atomic E-state index is -3.87. The van der Waals surface area contributed by atoms with Crippen molar-refractivity contribution in [2.45, 2.75) is 30.8 Å². The van der Waals surface area contributed by atoms with Gasteiger partial charge in [-0.25, -0.2) is 8.42 Å². The molecule has 3 rings (SSSR count). The van der Waals surface area contributed by atoms with Crippen LogP contribution in [0.2, 0.25) is 0 Å². The molecule has 1 aliphatic rings. The first-order chi connectivity index (χ1) is 12.4. The van der Waals surface area contributed by atoms with Crippen molar-refractivity contribution in [1.29, 1.82) is 0 Å². The molecule has 0 spiro atoms. The van der Waals surface area contributed by atoms with E-state index >= 15 is 0 Å². The van der Waals surface area contributed by atoms with E-state index < -0.39 is 22.0 Å². The molecule has 1 atom stereocenters. The Hall–Kier alpha value is -2.22. The molecule has 2 aromatic carbocycles. The molecule has 1 N–H and O–H groups in total. The number of carbonyl (C=O) groups excluding carboxylic acids is 1. The smallest absolute Gasteiger partial charge is 0.324 e. The predicted octanol–water partition coefficient (Wildman–Crippen LogP) is 1.65. The third-order valence-corrected chi connectivity index (χ3v) is 6.31. The average molecular weight is 375 g/mol. The van der Waals surface area contributed by atoms with Crippen molar-refractivity contribution in [2.24, 2.45) is 0 Å². The topological polar surface area (TPSA) is 83.9 Å². The highest BCUT2D eigenvalue weighted by Crippen LogP contribution is 2.29. The number of aryl methyl sites for hydroxylation is 1. The zero-order valence-electron chi connectivity index (χ0n) is 14.5. The van der Waals surface area contributed by atoms with E-state index in [4.69, 9.17) is 9.84 Å². The molecule has 0 aromatic heterocycles. The van der Waals surface area contributed by atoms with Gasteiger partial charge in [-0.05, 0) is 30.2 Å². The van der Waals surface area contributed by atoms with Crippen molar-refractivity contribution < 1.29 is 23.1 Å². The number of benzene rings is 2. The molecular formula is C19H21NO5S. The molecule has 0 saturated heterocycles. The van der Waals surface area contributed by atoms with E-state index in [1.54, 1.807) is 24.3 Å². The van der Waals surface area contributed by atoms with Crippen LogP contribution in [0.4, 0.5) is 0 Å². The lowest BCUT2D eigenvalue weighted by molar-refractivity contribution is -0.149. The maximum atomic E-state index is 13.2. The van der Waals surface area contributed by atoms with Crippen LogP contribution in [0.25, 0.3) is 0 Å². The summed E-state index contributed by atoms with van der Waals surface area (Å²) < 4.78 is 32.6. The Morgan fingerprint density at radius 1 is 1.15 bits per heavy atom. The van der Waals surface area contributed by atoms with Crippen LogP contribution in [0.1, 0.15) is 16.7 Å². The second-order valence-electron chi connectivity index (χ2n) is 6.24. The molecule has 26 heavy (non-hydrogen) atoms. The first-order valence-corrected chi connectivity index (χ1v) is 9.80. The molecular weight excluding hydrogens is 354 g/mol. The van der Waals surface area contributed by atoms with Crippen molar-refractivity contribution in [3.8, 4) is 0 Å². The number of aliphatic hydroxyl groups is 1. The van der Waals surface area contributed by atoms with Crippen LogP contribution < -0.4 is 0 Å². The van der Waals surface area contributed by atoms with Crippen LogP contribution >= 0.6 is 0 Å². The molecule has 1 aliphatic heterocycles. The second-order valence-corrected chi connectivity index (χ2v) is 8.13. The quantitative estimate of drug-likeness (QED) is 0.804. The fourth-order valence-electron chi connectivity index (χ4n) is 3.04. The van der Waals surface area contributed by atoms with E-state index in [-0.39, 0.29) is 31.1 Å². The zero-order valence-corrected chi connectivity index (χ0v) is 15.3. The maximum Gasteiger partial charge on any atom is 0.324 e. The van der Waals surface area contributed by atoms with Gasteiger partial charge in [-0.15, -0.1) is 0 Å². The number of nitrogens with zero attached hydrogens (tertiary/aromatic N) is 1. The second kappa shape index (κ2) is 7.57. The average Bonchev–Trinajstić information content (AvgIpc) is 2.65. The fourth-order valence-corrected chi connectivity index (χ4v) is 4.60. The number of ether oxygens (including phenoxy) is 1. The van der Waals surface area contributed by atoms with E-state index in [2.05, 4.69) is 0 Å². The van der Waals surface area contributed by atoms with Crippen LogP contribution in [-0.2, 0) is 32.5 Å². The Labute approximate surface area is 153 Å². The van der Waals surface area contributed by atoms with Gasteiger partial charge in [0.25, 0.3) is 0 Å². The lowest BCUT2D eigenvalue weighted by Gasteiger charge is -2.34. The van der Waals surface area contributed by atoms with E-state index in [9.17, 15) is 13.2 Å². The number of esters is 1. The van der Waals surface area contributed by atoms with Gasteiger partial charge in [0.2, 0.25) is 10.0 Å². The number of hydrogen-bond acceptors (Lipinski definition) is 5. The molecule has 138 valence electrons. The van der Waals surface area contributed by atoms with Gasteiger partial charge in [-0.2, -0.15) is 4.31 Å². The first-order valence-electron chi connectivity index (χ1n) is 8.36. The monoisotopic (exact) mass is 375 g/mol. The van der Waals surface area contributed by atoms with Crippen molar-refractivity contribution in [1.82, 2.24) is 4.31 Å². The third kappa shape index (κ3) is 3.65. The Morgan fingerprint density at radius 2 is 1.81 bits per heavy atom. The van der Waals surface area contributed by atoms with Crippen LogP contribution in [0.3, 0.4) is 0 Å². The molecule has 1 heterocycles. The number of carbonyl (C=O) groups is 1. The summed E-state index contributed by atoms with van der Waals surface area (Å²) in [6.45, 7) is 1.52. The van der Waals surface area contributed by atoms with Crippen molar-refractivity contribution in [3.05, 3.63) is 65.2 Å². The molecule has 0 amide bonds. The SMILES string of the molecule is Cc1ccc(S(=O)(=O)N2Cc3ccccc3CC2C(=O)OCCO)cc1. The van der Waals surface area contributed by atoms with Gasteiger partial charge in [0.15, 0.2) is 0 Å². The molecule has 0 radical (unpaired) electrons. The molecule has 0 fully saturated rings. The summed E-state index contributed by atoms with van der Waals surface area (Å²) >= 11 is 0.